The van der Waals surface area contributed by atoms with Crippen molar-refractivity contribution in [2.45, 2.75) is 20.3 Å². The Morgan fingerprint density at radius 2 is 2.20 bits per heavy atom. The minimum atomic E-state index is 0.500. The van der Waals surface area contributed by atoms with Gasteiger partial charge in [-0.15, -0.1) is 11.3 Å². The fourth-order valence-electron chi connectivity index (χ4n) is 1.25. The molecule has 0 aliphatic rings. The minimum Gasteiger partial charge on any atom is -0.383 e. The molecule has 0 atom stereocenters. The van der Waals surface area contributed by atoms with Crippen molar-refractivity contribution < 1.29 is 0 Å². The Kier molecular flexibility index (Phi) is 2.64. The fraction of sp³-hybridized carbons (Fsp3) is 0.300. The van der Waals surface area contributed by atoms with Crippen LogP contribution in [0.5, 0.6) is 0 Å². The summed E-state index contributed by atoms with van der Waals surface area (Å²) in [7, 11) is 0. The van der Waals surface area contributed by atoms with Gasteiger partial charge in [0, 0.05) is 11.6 Å². The van der Waals surface area contributed by atoms with Crippen LogP contribution in [-0.4, -0.2) is 15.0 Å². The maximum atomic E-state index is 5.82. The summed E-state index contributed by atoms with van der Waals surface area (Å²) in [6.07, 6.45) is 2.67. The van der Waals surface area contributed by atoms with Crippen LogP contribution in [0.2, 0.25) is 0 Å². The molecule has 2 N–H and O–H groups in total. The first kappa shape index (κ1) is 10.0. The minimum absolute atomic E-state index is 0.500. The molecule has 5 heteroatoms. The van der Waals surface area contributed by atoms with E-state index in [-0.39, 0.29) is 0 Å². The summed E-state index contributed by atoms with van der Waals surface area (Å²) >= 11 is 1.58. The Morgan fingerprint density at radius 1 is 1.40 bits per heavy atom. The van der Waals surface area contributed by atoms with Gasteiger partial charge in [-0.1, -0.05) is 6.92 Å². The molecule has 0 aliphatic heterocycles. The highest BCUT2D eigenvalue weighted by atomic mass is 32.1. The molecule has 4 nitrogen and oxygen atoms in total. The molecule has 0 fully saturated rings. The molecule has 0 bridgehead atoms. The molecule has 0 amide bonds. The summed E-state index contributed by atoms with van der Waals surface area (Å²) in [5.74, 6) is 1.18. The molecule has 2 rings (SSSR count). The number of hydrogen-bond acceptors (Lipinski definition) is 5. The third-order valence-electron chi connectivity index (χ3n) is 2.08. The van der Waals surface area contributed by atoms with Crippen LogP contribution in [0.15, 0.2) is 11.6 Å². The molecule has 0 saturated carbocycles. The van der Waals surface area contributed by atoms with Crippen LogP contribution in [0.4, 0.5) is 5.82 Å². The first-order chi connectivity index (χ1) is 7.20. The molecular formula is C10H12N4S. The molecule has 78 valence electrons. The second kappa shape index (κ2) is 3.94. The van der Waals surface area contributed by atoms with Gasteiger partial charge in [0.1, 0.15) is 16.6 Å². The third kappa shape index (κ3) is 1.97. The van der Waals surface area contributed by atoms with Gasteiger partial charge in [0.15, 0.2) is 0 Å². The summed E-state index contributed by atoms with van der Waals surface area (Å²) in [6.45, 7) is 3.90. The Hall–Kier alpha value is -1.49. The third-order valence-corrected chi connectivity index (χ3v) is 3.01. The highest BCUT2D eigenvalue weighted by molar-refractivity contribution is 7.13. The number of rotatable bonds is 2. The molecular weight excluding hydrogens is 208 g/mol. The smallest absolute Gasteiger partial charge is 0.137 e. The highest BCUT2D eigenvalue weighted by Gasteiger charge is 2.08. The lowest BCUT2D eigenvalue weighted by molar-refractivity contribution is 1.05. The number of hydrogen-bond donors (Lipinski definition) is 1. The molecule has 15 heavy (non-hydrogen) atoms. The standard InChI is InChI=1S/C10H12N4S/c1-3-7-5-15-10(14-7)8-4-12-6(2)13-9(8)11/h4-5H,3H2,1-2H3,(H2,11,12,13). The largest absolute Gasteiger partial charge is 0.383 e. The van der Waals surface area contributed by atoms with Gasteiger partial charge in [0.05, 0.1) is 11.3 Å². The first-order valence-corrected chi connectivity index (χ1v) is 5.62. The Balaban J connectivity index is 2.44. The maximum absolute atomic E-state index is 5.82. The summed E-state index contributed by atoms with van der Waals surface area (Å²) in [5, 5.41) is 2.93. The van der Waals surface area contributed by atoms with Gasteiger partial charge in [-0.25, -0.2) is 15.0 Å². The number of aromatic nitrogens is 3. The molecule has 0 aromatic carbocycles. The topological polar surface area (TPSA) is 64.7 Å². The van der Waals surface area contributed by atoms with Crippen molar-refractivity contribution in [1.82, 2.24) is 15.0 Å². The van der Waals surface area contributed by atoms with Crippen molar-refractivity contribution >= 4 is 17.2 Å². The van der Waals surface area contributed by atoms with Crippen molar-refractivity contribution in [2.24, 2.45) is 0 Å². The molecule has 0 radical (unpaired) electrons. The van der Waals surface area contributed by atoms with Crippen LogP contribution in [0.1, 0.15) is 18.4 Å². The van der Waals surface area contributed by atoms with Gasteiger partial charge < -0.3 is 5.73 Å². The van der Waals surface area contributed by atoms with Gasteiger partial charge in [0.2, 0.25) is 0 Å². The molecule has 2 heterocycles. The summed E-state index contributed by atoms with van der Waals surface area (Å²) in [6, 6.07) is 0. The molecule has 2 aromatic heterocycles. The quantitative estimate of drug-likeness (QED) is 0.841. The van der Waals surface area contributed by atoms with Crippen LogP contribution in [0.25, 0.3) is 10.6 Å². The van der Waals surface area contributed by atoms with Crippen molar-refractivity contribution in [3.63, 3.8) is 0 Å². The van der Waals surface area contributed by atoms with Gasteiger partial charge in [-0.05, 0) is 13.3 Å². The van der Waals surface area contributed by atoms with Crippen molar-refractivity contribution in [3.8, 4) is 10.6 Å². The predicted octanol–water partition coefficient (Wildman–Crippen LogP) is 2.05. The zero-order chi connectivity index (χ0) is 10.8. The SMILES string of the molecule is CCc1csc(-c2cnc(C)nc2N)n1. The van der Waals surface area contributed by atoms with E-state index in [1.54, 1.807) is 17.5 Å². The first-order valence-electron chi connectivity index (χ1n) is 4.74. The zero-order valence-corrected chi connectivity index (χ0v) is 9.51. The summed E-state index contributed by atoms with van der Waals surface area (Å²) in [4.78, 5) is 12.7. The average Bonchev–Trinajstić information content (AvgIpc) is 2.66. The zero-order valence-electron chi connectivity index (χ0n) is 8.69. The van der Waals surface area contributed by atoms with Gasteiger partial charge in [-0.3, -0.25) is 0 Å². The summed E-state index contributed by atoms with van der Waals surface area (Å²) < 4.78 is 0. The Bertz CT molecular complexity index is 478. The van der Waals surface area contributed by atoms with Crippen molar-refractivity contribution in [3.05, 3.63) is 23.1 Å². The van der Waals surface area contributed by atoms with Crippen LogP contribution >= 0.6 is 11.3 Å². The average molecular weight is 220 g/mol. The maximum Gasteiger partial charge on any atom is 0.137 e. The van der Waals surface area contributed by atoms with Crippen LogP contribution in [-0.2, 0) is 6.42 Å². The van der Waals surface area contributed by atoms with E-state index in [1.807, 2.05) is 12.3 Å². The number of aryl methyl sites for hydroxylation is 2. The van der Waals surface area contributed by atoms with Crippen LogP contribution in [0.3, 0.4) is 0 Å². The lowest BCUT2D eigenvalue weighted by Crippen LogP contribution is -1.98. The second-order valence-corrected chi connectivity index (χ2v) is 4.07. The predicted molar refractivity (Wildman–Crippen MR) is 61.7 cm³/mol. The van der Waals surface area contributed by atoms with E-state index >= 15 is 0 Å². The number of nitrogen functional groups attached to an aromatic ring is 1. The van der Waals surface area contributed by atoms with E-state index in [4.69, 9.17) is 5.73 Å². The summed E-state index contributed by atoms with van der Waals surface area (Å²) in [5.41, 5.74) is 7.72. The Morgan fingerprint density at radius 3 is 2.80 bits per heavy atom. The van der Waals surface area contributed by atoms with E-state index in [2.05, 4.69) is 21.9 Å². The normalized spacial score (nSPS) is 10.5. The van der Waals surface area contributed by atoms with Crippen LogP contribution in [0, 0.1) is 6.92 Å². The van der Waals surface area contributed by atoms with Gasteiger partial charge >= 0.3 is 0 Å². The lowest BCUT2D eigenvalue weighted by Gasteiger charge is -2.00. The molecule has 0 saturated heterocycles. The Labute approximate surface area is 92.2 Å². The van der Waals surface area contributed by atoms with E-state index < -0.39 is 0 Å². The number of nitrogens with zero attached hydrogens (tertiary/aromatic N) is 3. The molecule has 2 aromatic rings. The van der Waals surface area contributed by atoms with Crippen molar-refractivity contribution in [2.75, 3.05) is 5.73 Å². The molecule has 0 spiro atoms. The van der Waals surface area contributed by atoms with E-state index in [0.717, 1.165) is 22.7 Å². The highest BCUT2D eigenvalue weighted by Crippen LogP contribution is 2.26. The lowest BCUT2D eigenvalue weighted by atomic mass is 10.3. The van der Waals surface area contributed by atoms with E-state index in [9.17, 15) is 0 Å². The molecule has 0 unspecified atom stereocenters. The monoisotopic (exact) mass is 220 g/mol. The van der Waals surface area contributed by atoms with Gasteiger partial charge in [0.25, 0.3) is 0 Å². The number of nitrogens with two attached hydrogens (primary N) is 1. The van der Waals surface area contributed by atoms with Gasteiger partial charge in [-0.2, -0.15) is 0 Å². The van der Waals surface area contributed by atoms with E-state index in [1.165, 1.54) is 0 Å². The number of anilines is 1. The van der Waals surface area contributed by atoms with Crippen molar-refractivity contribution in [1.29, 1.82) is 0 Å². The van der Waals surface area contributed by atoms with Crippen LogP contribution < -0.4 is 5.73 Å². The van der Waals surface area contributed by atoms with E-state index in [0.29, 0.717) is 11.6 Å². The fourth-order valence-corrected chi connectivity index (χ4v) is 2.17. The number of thiazole rings is 1. The molecule has 0 aliphatic carbocycles. The second-order valence-electron chi connectivity index (χ2n) is 3.21.